The number of urea groups is 1. The molecule has 0 radical (unpaired) electrons. The topological polar surface area (TPSA) is 61.4 Å². The summed E-state index contributed by atoms with van der Waals surface area (Å²) < 4.78 is 0. The van der Waals surface area contributed by atoms with Gasteiger partial charge in [-0.05, 0) is 43.9 Å². The van der Waals surface area contributed by atoms with Gasteiger partial charge in [0.05, 0.1) is 6.10 Å². The van der Waals surface area contributed by atoms with E-state index in [0.29, 0.717) is 11.7 Å². The third kappa shape index (κ3) is 6.07. The number of thioether (sulfide) groups is 1. The molecule has 1 aromatic carbocycles. The molecule has 5 heteroatoms. The maximum atomic E-state index is 12.1. The molecule has 1 aromatic rings. The minimum atomic E-state index is -0.552. The molecule has 2 amide bonds. The van der Waals surface area contributed by atoms with E-state index in [9.17, 15) is 9.90 Å². The van der Waals surface area contributed by atoms with E-state index in [2.05, 4.69) is 17.6 Å². The molecule has 4 unspecified atom stereocenters. The Bertz CT molecular complexity index is 483. The third-order valence-electron chi connectivity index (χ3n) is 4.26. The van der Waals surface area contributed by atoms with Crippen LogP contribution in [-0.4, -0.2) is 34.2 Å². The SMILES string of the molecule is CCSC1CCC(NC(=O)NC(C)CC(O)c2ccccc2)C1. The van der Waals surface area contributed by atoms with Gasteiger partial charge in [0.1, 0.15) is 0 Å². The zero-order valence-electron chi connectivity index (χ0n) is 14.0. The number of amides is 2. The molecule has 0 saturated heterocycles. The quantitative estimate of drug-likeness (QED) is 0.714. The maximum absolute atomic E-state index is 12.1. The highest BCUT2D eigenvalue weighted by Gasteiger charge is 2.26. The van der Waals surface area contributed by atoms with Gasteiger partial charge in [-0.25, -0.2) is 4.79 Å². The van der Waals surface area contributed by atoms with Crippen molar-refractivity contribution in [1.82, 2.24) is 10.6 Å². The number of aliphatic hydroxyl groups excluding tert-OH is 1. The molecule has 0 aromatic heterocycles. The van der Waals surface area contributed by atoms with Gasteiger partial charge in [0.2, 0.25) is 0 Å². The molecule has 4 nitrogen and oxygen atoms in total. The van der Waals surface area contributed by atoms with Crippen LogP contribution in [0.25, 0.3) is 0 Å². The third-order valence-corrected chi connectivity index (χ3v) is 5.49. The Kier molecular flexibility index (Phi) is 7.24. The van der Waals surface area contributed by atoms with Crippen LogP contribution in [0.2, 0.25) is 0 Å². The van der Waals surface area contributed by atoms with Crippen LogP contribution in [0.1, 0.15) is 51.2 Å². The second kappa shape index (κ2) is 9.18. The molecular weight excluding hydrogens is 308 g/mol. The van der Waals surface area contributed by atoms with E-state index in [1.54, 1.807) is 0 Å². The fourth-order valence-electron chi connectivity index (χ4n) is 3.11. The Morgan fingerprint density at radius 3 is 2.78 bits per heavy atom. The van der Waals surface area contributed by atoms with E-state index in [1.165, 1.54) is 6.42 Å². The number of carbonyl (C=O) groups excluding carboxylic acids is 1. The molecule has 128 valence electrons. The predicted molar refractivity (Wildman–Crippen MR) is 96.7 cm³/mol. The molecule has 1 saturated carbocycles. The number of hydrogen-bond acceptors (Lipinski definition) is 3. The molecule has 4 atom stereocenters. The molecule has 0 aliphatic heterocycles. The summed E-state index contributed by atoms with van der Waals surface area (Å²) in [5, 5.41) is 16.9. The van der Waals surface area contributed by atoms with Crippen molar-refractivity contribution in [3.05, 3.63) is 35.9 Å². The summed E-state index contributed by atoms with van der Waals surface area (Å²) in [5.74, 6) is 1.14. The zero-order chi connectivity index (χ0) is 16.7. The molecule has 0 bridgehead atoms. The fourth-order valence-corrected chi connectivity index (χ4v) is 4.26. The Labute approximate surface area is 143 Å². The van der Waals surface area contributed by atoms with Crippen LogP contribution in [0.4, 0.5) is 4.79 Å². The monoisotopic (exact) mass is 336 g/mol. The van der Waals surface area contributed by atoms with Gasteiger partial charge >= 0.3 is 6.03 Å². The van der Waals surface area contributed by atoms with Crippen LogP contribution in [-0.2, 0) is 0 Å². The van der Waals surface area contributed by atoms with E-state index in [0.717, 1.165) is 24.2 Å². The number of aliphatic hydroxyl groups is 1. The van der Waals surface area contributed by atoms with Crippen LogP contribution in [0.5, 0.6) is 0 Å². The highest BCUT2D eigenvalue weighted by atomic mass is 32.2. The first kappa shape index (κ1) is 18.1. The summed E-state index contributed by atoms with van der Waals surface area (Å²) in [7, 11) is 0. The van der Waals surface area contributed by atoms with Gasteiger partial charge < -0.3 is 15.7 Å². The van der Waals surface area contributed by atoms with Gasteiger partial charge in [0, 0.05) is 17.3 Å². The van der Waals surface area contributed by atoms with E-state index < -0.39 is 6.10 Å². The average Bonchev–Trinajstić information content (AvgIpc) is 2.95. The molecule has 1 fully saturated rings. The van der Waals surface area contributed by atoms with Crippen LogP contribution < -0.4 is 10.6 Å². The summed E-state index contributed by atoms with van der Waals surface area (Å²) in [5.41, 5.74) is 0.886. The summed E-state index contributed by atoms with van der Waals surface area (Å²) in [6.45, 7) is 4.11. The fraction of sp³-hybridized carbons (Fsp3) is 0.611. The predicted octanol–water partition coefficient (Wildman–Crippen LogP) is 3.47. The van der Waals surface area contributed by atoms with E-state index in [-0.39, 0.29) is 18.1 Å². The maximum Gasteiger partial charge on any atom is 0.315 e. The van der Waals surface area contributed by atoms with Gasteiger partial charge in [-0.1, -0.05) is 37.3 Å². The Hall–Kier alpha value is -1.20. The summed E-state index contributed by atoms with van der Waals surface area (Å²) >= 11 is 1.98. The summed E-state index contributed by atoms with van der Waals surface area (Å²) in [6.07, 6.45) is 3.27. The van der Waals surface area contributed by atoms with Crippen molar-refractivity contribution in [2.45, 2.75) is 63.0 Å². The van der Waals surface area contributed by atoms with Gasteiger partial charge in [0.15, 0.2) is 0 Å². The lowest BCUT2D eigenvalue weighted by atomic mass is 10.0. The summed E-state index contributed by atoms with van der Waals surface area (Å²) in [4.78, 5) is 12.1. The zero-order valence-corrected chi connectivity index (χ0v) is 14.8. The minimum Gasteiger partial charge on any atom is -0.388 e. The number of rotatable bonds is 7. The number of hydrogen-bond donors (Lipinski definition) is 3. The largest absolute Gasteiger partial charge is 0.388 e. The highest BCUT2D eigenvalue weighted by molar-refractivity contribution is 7.99. The van der Waals surface area contributed by atoms with Crippen molar-refractivity contribution in [1.29, 1.82) is 0 Å². The summed E-state index contributed by atoms with van der Waals surface area (Å²) in [6, 6.07) is 9.64. The van der Waals surface area contributed by atoms with Crippen molar-refractivity contribution in [3.8, 4) is 0 Å². The molecular formula is C18H28N2O2S. The average molecular weight is 337 g/mol. The lowest BCUT2D eigenvalue weighted by molar-refractivity contribution is 0.154. The van der Waals surface area contributed by atoms with Crippen molar-refractivity contribution in [3.63, 3.8) is 0 Å². The first-order valence-corrected chi connectivity index (χ1v) is 9.55. The highest BCUT2D eigenvalue weighted by Crippen LogP contribution is 2.29. The Morgan fingerprint density at radius 1 is 1.35 bits per heavy atom. The van der Waals surface area contributed by atoms with Crippen LogP contribution in [0, 0.1) is 0 Å². The van der Waals surface area contributed by atoms with E-state index in [1.807, 2.05) is 49.0 Å². The van der Waals surface area contributed by atoms with Gasteiger partial charge in [-0.2, -0.15) is 11.8 Å². The Balaban J connectivity index is 1.70. The number of nitrogens with one attached hydrogen (secondary N) is 2. The molecule has 0 heterocycles. The standard InChI is InChI=1S/C18H28N2O2S/c1-3-23-16-10-9-15(12-16)20-18(22)19-13(2)11-17(21)14-7-5-4-6-8-14/h4-8,13,15-17,21H,3,9-12H2,1-2H3,(H2,19,20,22). The van der Waals surface area contributed by atoms with Crippen LogP contribution in [0.3, 0.4) is 0 Å². The molecule has 1 aliphatic rings. The normalized spacial score (nSPS) is 23.3. The molecule has 1 aliphatic carbocycles. The molecule has 2 rings (SSSR count). The molecule has 23 heavy (non-hydrogen) atoms. The van der Waals surface area contributed by atoms with E-state index in [4.69, 9.17) is 0 Å². The second-order valence-electron chi connectivity index (χ2n) is 6.27. The van der Waals surface area contributed by atoms with Gasteiger partial charge in [-0.3, -0.25) is 0 Å². The van der Waals surface area contributed by atoms with Crippen molar-refractivity contribution in [2.24, 2.45) is 0 Å². The second-order valence-corrected chi connectivity index (χ2v) is 7.85. The van der Waals surface area contributed by atoms with Crippen molar-refractivity contribution in [2.75, 3.05) is 5.75 Å². The van der Waals surface area contributed by atoms with Crippen molar-refractivity contribution >= 4 is 17.8 Å². The van der Waals surface area contributed by atoms with Gasteiger partial charge in [-0.15, -0.1) is 0 Å². The van der Waals surface area contributed by atoms with E-state index >= 15 is 0 Å². The molecule has 3 N–H and O–H groups in total. The van der Waals surface area contributed by atoms with Crippen molar-refractivity contribution < 1.29 is 9.90 Å². The first-order chi connectivity index (χ1) is 11.1. The minimum absolute atomic E-state index is 0.0765. The lowest BCUT2D eigenvalue weighted by Gasteiger charge is -2.20. The number of carbonyl (C=O) groups is 1. The first-order valence-electron chi connectivity index (χ1n) is 8.50. The molecule has 0 spiro atoms. The lowest BCUT2D eigenvalue weighted by Crippen LogP contribution is -2.45. The van der Waals surface area contributed by atoms with Crippen LogP contribution >= 0.6 is 11.8 Å². The smallest absolute Gasteiger partial charge is 0.315 e. The number of benzene rings is 1. The van der Waals surface area contributed by atoms with Crippen LogP contribution in [0.15, 0.2) is 30.3 Å². The van der Waals surface area contributed by atoms with Gasteiger partial charge in [0.25, 0.3) is 0 Å². The Morgan fingerprint density at radius 2 is 2.09 bits per heavy atom.